The first-order valence-electron chi connectivity index (χ1n) is 8.81. The normalized spacial score (nSPS) is 17.3. The molecule has 5 heteroatoms. The van der Waals surface area contributed by atoms with E-state index in [-0.39, 0.29) is 5.82 Å². The number of halogens is 2. The molecule has 3 nitrogen and oxygen atoms in total. The molecule has 26 heavy (non-hydrogen) atoms. The molecular weight excluding hydrogens is 351 g/mol. The molecule has 0 spiro atoms. The first-order chi connectivity index (χ1) is 12.3. The van der Waals surface area contributed by atoms with E-state index in [1.165, 1.54) is 23.4 Å². The molecule has 136 valence electrons. The minimum absolute atomic E-state index is 0.301. The highest BCUT2D eigenvalue weighted by Gasteiger charge is 2.29. The monoisotopic (exact) mass is 372 g/mol. The van der Waals surface area contributed by atoms with Gasteiger partial charge < -0.3 is 14.6 Å². The number of fused-ring (bicyclic) bond motifs is 3. The van der Waals surface area contributed by atoms with Crippen LogP contribution >= 0.6 is 11.6 Å². The van der Waals surface area contributed by atoms with Crippen LogP contribution in [-0.2, 0) is 25.1 Å². The molecule has 2 aromatic carbocycles. The second-order valence-corrected chi connectivity index (χ2v) is 7.88. The third-order valence-corrected chi connectivity index (χ3v) is 5.58. The minimum atomic E-state index is -1.11. The molecule has 0 amide bonds. The summed E-state index contributed by atoms with van der Waals surface area (Å²) in [6.07, 6.45) is 0.967. The maximum atomic E-state index is 13.3. The molecule has 1 unspecified atom stereocenters. The lowest BCUT2D eigenvalue weighted by Crippen LogP contribution is -2.32. The number of hydrogen-bond donors (Lipinski definition) is 1. The number of aromatic nitrogens is 1. The van der Waals surface area contributed by atoms with E-state index in [1.54, 1.807) is 19.1 Å². The van der Waals surface area contributed by atoms with Crippen LogP contribution in [-0.4, -0.2) is 28.2 Å². The number of hydrogen-bond acceptors (Lipinski definition) is 2. The molecule has 1 aromatic heterocycles. The molecule has 4 rings (SSSR count). The number of likely N-dealkylation sites (N-methyl/N-ethyl adjacent to an activating group) is 1. The fourth-order valence-corrected chi connectivity index (χ4v) is 4.11. The Bertz CT molecular complexity index is 962. The van der Waals surface area contributed by atoms with E-state index in [0.717, 1.165) is 35.4 Å². The summed E-state index contributed by atoms with van der Waals surface area (Å²) in [5.74, 6) is -0.301. The van der Waals surface area contributed by atoms with E-state index in [2.05, 4.69) is 16.5 Å². The van der Waals surface area contributed by atoms with Crippen molar-refractivity contribution in [2.45, 2.75) is 32.0 Å². The van der Waals surface area contributed by atoms with Crippen molar-refractivity contribution < 1.29 is 9.50 Å². The summed E-state index contributed by atoms with van der Waals surface area (Å²) in [5.41, 5.74) is 3.21. The maximum absolute atomic E-state index is 13.3. The zero-order chi connectivity index (χ0) is 18.5. The van der Waals surface area contributed by atoms with Crippen LogP contribution in [0.5, 0.6) is 0 Å². The molecule has 0 aliphatic carbocycles. The van der Waals surface area contributed by atoms with E-state index in [4.69, 9.17) is 11.6 Å². The van der Waals surface area contributed by atoms with E-state index >= 15 is 0 Å². The lowest BCUT2D eigenvalue weighted by molar-refractivity contribution is 0.0380. The summed E-state index contributed by atoms with van der Waals surface area (Å²) in [6, 6.07) is 12.0. The molecule has 0 fully saturated rings. The van der Waals surface area contributed by atoms with E-state index < -0.39 is 5.60 Å². The highest BCUT2D eigenvalue weighted by atomic mass is 35.5. The van der Waals surface area contributed by atoms with Crippen LogP contribution in [0, 0.1) is 5.82 Å². The van der Waals surface area contributed by atoms with Crippen LogP contribution < -0.4 is 0 Å². The van der Waals surface area contributed by atoms with Crippen molar-refractivity contribution in [3.63, 3.8) is 0 Å². The molecule has 3 aromatic rings. The zero-order valence-corrected chi connectivity index (χ0v) is 15.7. The summed E-state index contributed by atoms with van der Waals surface area (Å²) in [6.45, 7) is 4.02. The number of aliphatic hydroxyl groups is 1. The van der Waals surface area contributed by atoms with Gasteiger partial charge in [-0.15, -0.1) is 0 Å². The predicted molar refractivity (Wildman–Crippen MR) is 103 cm³/mol. The highest BCUT2D eigenvalue weighted by Crippen LogP contribution is 2.35. The van der Waals surface area contributed by atoms with Crippen LogP contribution in [0.2, 0.25) is 5.02 Å². The second-order valence-electron chi connectivity index (χ2n) is 7.44. The molecule has 1 N–H and O–H groups in total. The van der Waals surface area contributed by atoms with Gasteiger partial charge in [0.25, 0.3) is 0 Å². The van der Waals surface area contributed by atoms with Gasteiger partial charge in [-0.25, -0.2) is 4.39 Å². The smallest absolute Gasteiger partial charge is 0.123 e. The molecule has 1 aliphatic heterocycles. The van der Waals surface area contributed by atoms with Crippen molar-refractivity contribution in [3.8, 4) is 0 Å². The van der Waals surface area contributed by atoms with Crippen LogP contribution in [0.25, 0.3) is 10.9 Å². The number of benzene rings is 2. The fourth-order valence-electron chi connectivity index (χ4n) is 3.93. The van der Waals surface area contributed by atoms with Crippen LogP contribution in [0.15, 0.2) is 42.5 Å². The Morgan fingerprint density at radius 1 is 1.19 bits per heavy atom. The summed E-state index contributed by atoms with van der Waals surface area (Å²) in [5, 5.41) is 13.0. The number of nitrogens with zero attached hydrogens (tertiary/aromatic N) is 2. The van der Waals surface area contributed by atoms with Gasteiger partial charge in [0.2, 0.25) is 0 Å². The average Bonchev–Trinajstić information content (AvgIpc) is 2.87. The lowest BCUT2D eigenvalue weighted by atomic mass is 9.95. The largest absolute Gasteiger partial charge is 0.384 e. The van der Waals surface area contributed by atoms with Gasteiger partial charge in [0, 0.05) is 34.7 Å². The summed E-state index contributed by atoms with van der Waals surface area (Å²) >= 11 is 6.24. The number of rotatable bonds is 3. The van der Waals surface area contributed by atoms with E-state index in [1.807, 2.05) is 18.2 Å². The second kappa shape index (κ2) is 6.38. The van der Waals surface area contributed by atoms with Gasteiger partial charge in [-0.2, -0.15) is 0 Å². The van der Waals surface area contributed by atoms with Crippen LogP contribution in [0.1, 0.15) is 23.7 Å². The Hall–Kier alpha value is -1.88. The molecule has 0 bridgehead atoms. The molecule has 1 aliphatic rings. The van der Waals surface area contributed by atoms with E-state index in [9.17, 15) is 9.50 Å². The van der Waals surface area contributed by atoms with Crippen molar-refractivity contribution in [2.24, 2.45) is 0 Å². The van der Waals surface area contributed by atoms with Crippen LogP contribution in [0.3, 0.4) is 0 Å². The minimum Gasteiger partial charge on any atom is -0.384 e. The Morgan fingerprint density at radius 2 is 1.92 bits per heavy atom. The Balaban J connectivity index is 1.83. The molecule has 1 atom stereocenters. The molecular formula is C21H22ClFN2O. The summed E-state index contributed by atoms with van der Waals surface area (Å²) < 4.78 is 15.5. The quantitative estimate of drug-likeness (QED) is 0.741. The van der Waals surface area contributed by atoms with Gasteiger partial charge in [-0.3, -0.25) is 0 Å². The van der Waals surface area contributed by atoms with Gasteiger partial charge in [0.15, 0.2) is 0 Å². The zero-order valence-electron chi connectivity index (χ0n) is 15.0. The third-order valence-electron chi connectivity index (χ3n) is 5.34. The van der Waals surface area contributed by atoms with Gasteiger partial charge in [0.05, 0.1) is 6.54 Å². The molecule has 0 saturated carbocycles. The van der Waals surface area contributed by atoms with Crippen molar-refractivity contribution in [1.82, 2.24) is 9.47 Å². The average molecular weight is 373 g/mol. The summed E-state index contributed by atoms with van der Waals surface area (Å²) in [7, 11) is 2.11. The van der Waals surface area contributed by atoms with E-state index in [0.29, 0.717) is 12.1 Å². The molecule has 0 saturated heterocycles. The van der Waals surface area contributed by atoms with Crippen LogP contribution in [0.4, 0.5) is 4.39 Å². The Kier molecular flexibility index (Phi) is 4.30. The highest BCUT2D eigenvalue weighted by molar-refractivity contribution is 6.31. The van der Waals surface area contributed by atoms with Crippen molar-refractivity contribution in [2.75, 3.05) is 13.6 Å². The standard InChI is InChI=1S/C21H22ClFN2O/c1-21(26,14-3-6-16(23)7-4-14)13-25-19-8-5-15(22)11-18(19)17-9-10-24(2)12-20(17)25/h3-8,11,26H,9-10,12-13H2,1-2H3. The van der Waals surface area contributed by atoms with Crippen molar-refractivity contribution >= 4 is 22.5 Å². The summed E-state index contributed by atoms with van der Waals surface area (Å²) in [4.78, 5) is 2.28. The molecule has 0 radical (unpaired) electrons. The van der Waals surface area contributed by atoms with Crippen molar-refractivity contribution in [3.05, 3.63) is 70.1 Å². The lowest BCUT2D eigenvalue weighted by Gasteiger charge is -2.29. The van der Waals surface area contributed by atoms with Gasteiger partial charge in [-0.1, -0.05) is 23.7 Å². The first kappa shape index (κ1) is 17.5. The van der Waals surface area contributed by atoms with Gasteiger partial charge in [-0.05, 0) is 61.9 Å². The van der Waals surface area contributed by atoms with Gasteiger partial charge >= 0.3 is 0 Å². The third kappa shape index (κ3) is 3.02. The Morgan fingerprint density at radius 3 is 2.65 bits per heavy atom. The van der Waals surface area contributed by atoms with Crippen molar-refractivity contribution in [1.29, 1.82) is 0 Å². The molecule has 2 heterocycles. The Labute approximate surface area is 157 Å². The first-order valence-corrected chi connectivity index (χ1v) is 9.19. The SMILES string of the molecule is CN1CCc2c(n(CC(C)(O)c3ccc(F)cc3)c3ccc(Cl)cc23)C1. The predicted octanol–water partition coefficient (Wildman–Crippen LogP) is 4.33. The topological polar surface area (TPSA) is 28.4 Å². The maximum Gasteiger partial charge on any atom is 0.123 e. The van der Waals surface area contributed by atoms with Gasteiger partial charge in [0.1, 0.15) is 11.4 Å². The fraction of sp³-hybridized carbons (Fsp3) is 0.333.